The van der Waals surface area contributed by atoms with Crippen LogP contribution in [0.1, 0.15) is 50.7 Å². The molecule has 1 heterocycles. The van der Waals surface area contributed by atoms with Crippen LogP contribution in [-0.4, -0.2) is 44.5 Å². The number of rotatable bonds is 5. The standard InChI is InChI=1S/C28H30ClN3O3/c1-18-8-5-6-9-21(18)27(33)30-20-12-13-22(26(17-20)35-4)28(34)32-15-7-10-24(31(2)3)23-16-19(29)11-14-25(23)32/h5-6,8-9,11-14,16-17,24H,7,10,15H2,1-4H3,(H,30,33). The number of halogens is 1. The zero-order valence-corrected chi connectivity index (χ0v) is 21.2. The van der Waals surface area contributed by atoms with Crippen molar-refractivity contribution in [2.24, 2.45) is 0 Å². The number of carbonyl (C=O) groups excluding carboxylic acids is 2. The molecule has 0 bridgehead atoms. The summed E-state index contributed by atoms with van der Waals surface area (Å²) in [5.41, 5.74) is 4.37. The predicted molar refractivity (Wildman–Crippen MR) is 141 cm³/mol. The van der Waals surface area contributed by atoms with E-state index < -0.39 is 0 Å². The summed E-state index contributed by atoms with van der Waals surface area (Å²) in [5.74, 6) is 0.0420. The fourth-order valence-corrected chi connectivity index (χ4v) is 4.80. The number of fused-ring (bicyclic) bond motifs is 1. The Labute approximate surface area is 211 Å². The summed E-state index contributed by atoms with van der Waals surface area (Å²) >= 11 is 6.33. The normalized spacial score (nSPS) is 15.4. The number of hydrogen-bond donors (Lipinski definition) is 1. The number of ether oxygens (including phenoxy) is 1. The first kappa shape index (κ1) is 24.8. The van der Waals surface area contributed by atoms with Crippen molar-refractivity contribution >= 4 is 34.8 Å². The van der Waals surface area contributed by atoms with E-state index in [4.69, 9.17) is 16.3 Å². The number of carbonyl (C=O) groups is 2. The second-order valence-corrected chi connectivity index (χ2v) is 9.40. The SMILES string of the molecule is COc1cc(NC(=O)c2ccccc2C)ccc1C(=O)N1CCCC(N(C)C)c2cc(Cl)ccc21. The van der Waals surface area contributed by atoms with Crippen LogP contribution < -0.4 is 15.0 Å². The van der Waals surface area contributed by atoms with Crippen LogP contribution in [0.25, 0.3) is 0 Å². The van der Waals surface area contributed by atoms with E-state index in [1.165, 1.54) is 7.11 Å². The molecule has 0 spiro atoms. The minimum Gasteiger partial charge on any atom is -0.496 e. The quantitative estimate of drug-likeness (QED) is 0.479. The lowest BCUT2D eigenvalue weighted by atomic mass is 10.0. The summed E-state index contributed by atoms with van der Waals surface area (Å²) in [4.78, 5) is 30.5. The smallest absolute Gasteiger partial charge is 0.262 e. The monoisotopic (exact) mass is 491 g/mol. The maximum absolute atomic E-state index is 13.8. The Hall–Kier alpha value is -3.35. The van der Waals surface area contributed by atoms with E-state index >= 15 is 0 Å². The predicted octanol–water partition coefficient (Wildman–Crippen LogP) is 5.95. The van der Waals surface area contributed by atoms with Crippen LogP contribution in [0.2, 0.25) is 5.02 Å². The second-order valence-electron chi connectivity index (χ2n) is 8.97. The highest BCUT2D eigenvalue weighted by Gasteiger charge is 2.29. The number of amides is 2. The van der Waals surface area contributed by atoms with Gasteiger partial charge in [-0.05, 0) is 81.4 Å². The number of nitrogens with zero attached hydrogens (tertiary/aromatic N) is 2. The van der Waals surface area contributed by atoms with Crippen molar-refractivity contribution in [3.8, 4) is 5.75 Å². The average molecular weight is 492 g/mol. The first-order chi connectivity index (χ1) is 16.8. The third-order valence-corrected chi connectivity index (χ3v) is 6.68. The molecule has 0 aliphatic carbocycles. The van der Waals surface area contributed by atoms with Crippen molar-refractivity contribution in [1.82, 2.24) is 4.90 Å². The van der Waals surface area contributed by atoms with E-state index in [0.29, 0.717) is 34.1 Å². The minimum absolute atomic E-state index is 0.151. The zero-order chi connectivity index (χ0) is 25.1. The van der Waals surface area contributed by atoms with Gasteiger partial charge in [-0.2, -0.15) is 0 Å². The third-order valence-electron chi connectivity index (χ3n) is 6.45. The van der Waals surface area contributed by atoms with Crippen LogP contribution >= 0.6 is 11.6 Å². The molecule has 4 rings (SSSR count). The van der Waals surface area contributed by atoms with Gasteiger partial charge in [0.1, 0.15) is 5.75 Å². The zero-order valence-electron chi connectivity index (χ0n) is 20.5. The molecule has 0 saturated heterocycles. The number of anilines is 2. The highest BCUT2D eigenvalue weighted by Crippen LogP contribution is 2.38. The fraction of sp³-hybridized carbons (Fsp3) is 0.286. The molecule has 3 aromatic rings. The lowest BCUT2D eigenvalue weighted by molar-refractivity contribution is 0.0983. The van der Waals surface area contributed by atoms with E-state index in [9.17, 15) is 9.59 Å². The summed E-state index contributed by atoms with van der Waals surface area (Å²) in [6.07, 6.45) is 1.78. The molecule has 1 aliphatic heterocycles. The molecule has 0 fully saturated rings. The van der Waals surface area contributed by atoms with Gasteiger partial charge in [0.15, 0.2) is 0 Å². The van der Waals surface area contributed by atoms with E-state index in [2.05, 4.69) is 10.2 Å². The van der Waals surface area contributed by atoms with E-state index in [0.717, 1.165) is 29.7 Å². The van der Waals surface area contributed by atoms with Crippen LogP contribution in [0.4, 0.5) is 11.4 Å². The van der Waals surface area contributed by atoms with E-state index in [1.807, 2.05) is 57.4 Å². The van der Waals surface area contributed by atoms with Crippen molar-refractivity contribution < 1.29 is 14.3 Å². The Morgan fingerprint density at radius 3 is 2.54 bits per heavy atom. The second kappa shape index (κ2) is 10.5. The van der Waals surface area contributed by atoms with Gasteiger partial charge in [0, 0.05) is 40.6 Å². The summed E-state index contributed by atoms with van der Waals surface area (Å²) in [6, 6.07) is 18.4. The minimum atomic E-state index is -0.211. The Morgan fingerprint density at radius 2 is 1.83 bits per heavy atom. The fourth-order valence-electron chi connectivity index (χ4n) is 4.62. The van der Waals surface area contributed by atoms with Crippen molar-refractivity contribution in [2.45, 2.75) is 25.8 Å². The first-order valence-electron chi connectivity index (χ1n) is 11.6. The van der Waals surface area contributed by atoms with Crippen molar-refractivity contribution in [1.29, 1.82) is 0 Å². The highest BCUT2D eigenvalue weighted by molar-refractivity contribution is 6.30. The van der Waals surface area contributed by atoms with Crippen LogP contribution in [0.3, 0.4) is 0 Å². The number of aryl methyl sites for hydroxylation is 1. The summed E-state index contributed by atoms with van der Waals surface area (Å²) in [5, 5.41) is 3.55. The molecule has 1 aliphatic rings. The average Bonchev–Trinajstić information content (AvgIpc) is 3.03. The molecular weight excluding hydrogens is 462 g/mol. The largest absolute Gasteiger partial charge is 0.496 e. The molecule has 0 radical (unpaired) electrons. The molecule has 0 saturated carbocycles. The van der Waals surface area contributed by atoms with Crippen LogP contribution in [-0.2, 0) is 0 Å². The Morgan fingerprint density at radius 1 is 1.06 bits per heavy atom. The molecule has 0 aromatic heterocycles. The molecule has 1 unspecified atom stereocenters. The lowest BCUT2D eigenvalue weighted by Crippen LogP contribution is -2.32. The number of benzene rings is 3. The van der Waals surface area contributed by atoms with Gasteiger partial charge >= 0.3 is 0 Å². The number of methoxy groups -OCH3 is 1. The van der Waals surface area contributed by atoms with Gasteiger partial charge in [-0.25, -0.2) is 0 Å². The van der Waals surface area contributed by atoms with Crippen LogP contribution in [0.5, 0.6) is 5.75 Å². The number of nitrogens with one attached hydrogen (secondary N) is 1. The molecule has 2 amide bonds. The molecule has 1 N–H and O–H groups in total. The molecule has 35 heavy (non-hydrogen) atoms. The highest BCUT2D eigenvalue weighted by atomic mass is 35.5. The van der Waals surface area contributed by atoms with Crippen molar-refractivity contribution in [3.63, 3.8) is 0 Å². The Kier molecular flexibility index (Phi) is 7.43. The molecule has 7 heteroatoms. The van der Waals surface area contributed by atoms with Gasteiger partial charge in [-0.15, -0.1) is 0 Å². The summed E-state index contributed by atoms with van der Waals surface area (Å²) in [7, 11) is 5.61. The maximum Gasteiger partial charge on any atom is 0.262 e. The topological polar surface area (TPSA) is 61.9 Å². The van der Waals surface area contributed by atoms with Crippen LogP contribution in [0.15, 0.2) is 60.7 Å². The Bertz CT molecular complexity index is 1260. The molecule has 182 valence electrons. The molecular formula is C28H30ClN3O3. The van der Waals surface area contributed by atoms with Crippen molar-refractivity contribution in [3.05, 3.63) is 87.9 Å². The molecule has 1 atom stereocenters. The van der Waals surface area contributed by atoms with Crippen LogP contribution in [0, 0.1) is 6.92 Å². The van der Waals surface area contributed by atoms with Gasteiger partial charge in [0.25, 0.3) is 11.8 Å². The summed E-state index contributed by atoms with van der Waals surface area (Å²) < 4.78 is 5.58. The third kappa shape index (κ3) is 5.19. The van der Waals surface area contributed by atoms with Gasteiger partial charge in [-0.3, -0.25) is 9.59 Å². The van der Waals surface area contributed by atoms with E-state index in [1.54, 1.807) is 29.2 Å². The van der Waals surface area contributed by atoms with Crippen molar-refractivity contribution in [2.75, 3.05) is 38.0 Å². The Balaban J connectivity index is 1.65. The summed E-state index contributed by atoms with van der Waals surface area (Å²) in [6.45, 7) is 2.48. The molecule has 6 nitrogen and oxygen atoms in total. The molecule has 3 aromatic carbocycles. The first-order valence-corrected chi connectivity index (χ1v) is 12.0. The van der Waals surface area contributed by atoms with Gasteiger partial charge in [0.2, 0.25) is 0 Å². The lowest BCUT2D eigenvalue weighted by Gasteiger charge is -2.27. The number of hydrogen-bond acceptors (Lipinski definition) is 4. The van der Waals surface area contributed by atoms with Gasteiger partial charge in [-0.1, -0.05) is 29.8 Å². The van der Waals surface area contributed by atoms with E-state index in [-0.39, 0.29) is 17.9 Å². The van der Waals surface area contributed by atoms with Gasteiger partial charge < -0.3 is 19.9 Å². The maximum atomic E-state index is 13.8. The van der Waals surface area contributed by atoms with Gasteiger partial charge in [0.05, 0.1) is 12.7 Å².